The van der Waals surface area contributed by atoms with Crippen molar-refractivity contribution in [2.45, 2.75) is 50.1 Å². The number of aliphatic imine (C=N–C) groups is 2. The molecule has 2 saturated heterocycles. The molecular formula is C24H30N6. The van der Waals surface area contributed by atoms with Gasteiger partial charge in [0.05, 0.1) is 11.4 Å². The third kappa shape index (κ3) is 3.48. The normalized spacial score (nSPS) is 31.5. The predicted octanol–water partition coefficient (Wildman–Crippen LogP) is 1.78. The predicted molar refractivity (Wildman–Crippen MR) is 123 cm³/mol. The van der Waals surface area contributed by atoms with Crippen LogP contribution < -0.4 is 21.3 Å². The van der Waals surface area contributed by atoms with Crippen LogP contribution in [-0.2, 0) is 0 Å². The summed E-state index contributed by atoms with van der Waals surface area (Å²) >= 11 is 0. The maximum Gasteiger partial charge on any atom is 0.116 e. The third-order valence-corrected chi connectivity index (χ3v) is 7.01. The van der Waals surface area contributed by atoms with E-state index < -0.39 is 0 Å². The van der Waals surface area contributed by atoms with E-state index in [2.05, 4.69) is 57.7 Å². The monoisotopic (exact) mass is 402 g/mol. The summed E-state index contributed by atoms with van der Waals surface area (Å²) in [6.45, 7) is 3.94. The molecule has 2 aromatic carbocycles. The molecule has 0 aromatic heterocycles. The highest BCUT2D eigenvalue weighted by molar-refractivity contribution is 6.08. The summed E-state index contributed by atoms with van der Waals surface area (Å²) in [5.41, 5.74) is 4.82. The second-order valence-corrected chi connectivity index (χ2v) is 8.99. The van der Waals surface area contributed by atoms with Gasteiger partial charge in [-0.3, -0.25) is 20.6 Å². The molecule has 6 heteroatoms. The summed E-state index contributed by atoms with van der Waals surface area (Å²) in [6, 6.07) is 14.4. The fourth-order valence-corrected chi connectivity index (χ4v) is 5.31. The zero-order valence-electron chi connectivity index (χ0n) is 17.3. The van der Waals surface area contributed by atoms with Gasteiger partial charge in [0.1, 0.15) is 12.3 Å². The van der Waals surface area contributed by atoms with Gasteiger partial charge in [0.2, 0.25) is 0 Å². The number of hydrogen-bond acceptors (Lipinski definition) is 6. The highest BCUT2D eigenvalue weighted by Crippen LogP contribution is 2.23. The van der Waals surface area contributed by atoms with E-state index in [9.17, 15) is 0 Å². The zero-order chi connectivity index (χ0) is 19.9. The number of nitrogens with zero attached hydrogens (tertiary/aromatic N) is 2. The van der Waals surface area contributed by atoms with Crippen molar-refractivity contribution in [1.29, 1.82) is 0 Å². The van der Waals surface area contributed by atoms with Crippen LogP contribution in [-0.4, -0.2) is 62.0 Å². The number of nitrogens with one attached hydrogen (secondary N) is 4. The van der Waals surface area contributed by atoms with Gasteiger partial charge in [-0.15, -0.1) is 0 Å². The molecule has 4 heterocycles. The lowest BCUT2D eigenvalue weighted by Crippen LogP contribution is -2.40. The van der Waals surface area contributed by atoms with Gasteiger partial charge in [-0.1, -0.05) is 24.3 Å². The average Bonchev–Trinajstić information content (AvgIpc) is 3.58. The fourth-order valence-electron chi connectivity index (χ4n) is 5.31. The van der Waals surface area contributed by atoms with Crippen LogP contribution in [0.15, 0.2) is 46.4 Å². The Kier molecular flexibility index (Phi) is 4.88. The van der Waals surface area contributed by atoms with E-state index in [1.54, 1.807) is 0 Å². The first kappa shape index (κ1) is 18.6. The van der Waals surface area contributed by atoms with E-state index in [4.69, 9.17) is 9.98 Å². The Balaban J connectivity index is 1.22. The molecule has 6 nitrogen and oxygen atoms in total. The number of benzene rings is 2. The van der Waals surface area contributed by atoms with Crippen LogP contribution in [0.4, 0.5) is 0 Å². The number of fused-ring (bicyclic) bond motifs is 1. The van der Waals surface area contributed by atoms with Crippen molar-refractivity contribution in [2.75, 3.05) is 26.2 Å². The van der Waals surface area contributed by atoms with Gasteiger partial charge in [-0.2, -0.15) is 0 Å². The Labute approximate surface area is 177 Å². The standard InChI is InChI=1S/C24H30N6/c1-3-19(25-9-1)23-27-13-21(29-23)17-7-5-16-12-18(8-6-15(16)11-17)22-14-28-24(30-22)20-4-2-10-26-20/h5-8,11-12,19-20,23-28H,1-4,9-10,13-14H2. The van der Waals surface area contributed by atoms with Gasteiger partial charge in [0.15, 0.2) is 0 Å². The Morgan fingerprint density at radius 2 is 1.13 bits per heavy atom. The van der Waals surface area contributed by atoms with Crippen molar-refractivity contribution in [1.82, 2.24) is 21.3 Å². The molecule has 2 aromatic rings. The van der Waals surface area contributed by atoms with Crippen LogP contribution in [0.1, 0.15) is 36.8 Å². The lowest BCUT2D eigenvalue weighted by atomic mass is 10.0. The highest BCUT2D eigenvalue weighted by Gasteiger charge is 2.29. The van der Waals surface area contributed by atoms with Crippen LogP contribution in [0.3, 0.4) is 0 Å². The molecule has 4 unspecified atom stereocenters. The number of hydrogen-bond donors (Lipinski definition) is 4. The maximum absolute atomic E-state index is 4.98. The van der Waals surface area contributed by atoms with Gasteiger partial charge >= 0.3 is 0 Å². The van der Waals surface area contributed by atoms with Crippen LogP contribution in [0.2, 0.25) is 0 Å². The molecule has 30 heavy (non-hydrogen) atoms. The molecule has 4 atom stereocenters. The molecule has 6 rings (SSSR count). The second-order valence-electron chi connectivity index (χ2n) is 8.99. The van der Waals surface area contributed by atoms with Crippen LogP contribution in [0.25, 0.3) is 10.8 Å². The Morgan fingerprint density at radius 1 is 0.633 bits per heavy atom. The minimum Gasteiger partial charge on any atom is -0.311 e. The topological polar surface area (TPSA) is 72.8 Å². The minimum absolute atomic E-state index is 0.218. The quantitative estimate of drug-likeness (QED) is 0.629. The SMILES string of the molecule is c1cc2cc(C3=NC(C4CCCN4)NC3)ccc2cc1C1=NC(C2CCCN2)NC1. The van der Waals surface area contributed by atoms with Gasteiger partial charge < -0.3 is 10.6 Å². The Bertz CT molecular complexity index is 919. The van der Waals surface area contributed by atoms with Crippen molar-refractivity contribution in [3.05, 3.63) is 47.5 Å². The molecule has 0 bridgehead atoms. The molecule has 0 spiro atoms. The zero-order valence-corrected chi connectivity index (χ0v) is 17.3. The Hall–Kier alpha value is -2.12. The first-order valence-corrected chi connectivity index (χ1v) is 11.4. The highest BCUT2D eigenvalue weighted by atomic mass is 15.2. The van der Waals surface area contributed by atoms with Crippen molar-refractivity contribution >= 4 is 22.2 Å². The van der Waals surface area contributed by atoms with E-state index in [0.717, 1.165) is 26.2 Å². The van der Waals surface area contributed by atoms with E-state index >= 15 is 0 Å². The molecule has 2 fully saturated rings. The van der Waals surface area contributed by atoms with Crippen LogP contribution >= 0.6 is 0 Å². The molecule has 4 N–H and O–H groups in total. The summed E-state index contributed by atoms with van der Waals surface area (Å²) in [5.74, 6) is 0. The van der Waals surface area contributed by atoms with Crippen molar-refractivity contribution in [3.63, 3.8) is 0 Å². The van der Waals surface area contributed by atoms with Crippen molar-refractivity contribution in [3.8, 4) is 0 Å². The van der Waals surface area contributed by atoms with Crippen LogP contribution in [0.5, 0.6) is 0 Å². The molecule has 4 aliphatic rings. The van der Waals surface area contributed by atoms with Gasteiger partial charge in [-0.05, 0) is 72.8 Å². The summed E-state index contributed by atoms with van der Waals surface area (Å²) in [7, 11) is 0. The maximum atomic E-state index is 4.98. The largest absolute Gasteiger partial charge is 0.311 e. The molecule has 4 aliphatic heterocycles. The van der Waals surface area contributed by atoms with Gasteiger partial charge in [-0.25, -0.2) is 0 Å². The minimum atomic E-state index is 0.218. The molecule has 0 aliphatic carbocycles. The molecule has 0 saturated carbocycles. The summed E-state index contributed by atoms with van der Waals surface area (Å²) < 4.78 is 0. The van der Waals surface area contributed by atoms with Crippen LogP contribution in [0, 0.1) is 0 Å². The molecule has 156 valence electrons. The van der Waals surface area contributed by atoms with Gasteiger partial charge in [0.25, 0.3) is 0 Å². The van der Waals surface area contributed by atoms with Crippen molar-refractivity contribution < 1.29 is 0 Å². The lowest BCUT2D eigenvalue weighted by molar-refractivity contribution is 0.450. The smallest absolute Gasteiger partial charge is 0.116 e. The lowest BCUT2D eigenvalue weighted by Gasteiger charge is -2.15. The molecule has 0 radical (unpaired) electrons. The molecule has 0 amide bonds. The second kappa shape index (κ2) is 7.85. The Morgan fingerprint density at radius 3 is 1.57 bits per heavy atom. The van der Waals surface area contributed by atoms with E-state index in [0.29, 0.717) is 12.1 Å². The van der Waals surface area contributed by atoms with E-state index in [1.165, 1.54) is 59.0 Å². The summed E-state index contributed by atoms with van der Waals surface area (Å²) in [4.78, 5) is 9.97. The van der Waals surface area contributed by atoms with E-state index in [1.807, 2.05) is 0 Å². The molecular weight excluding hydrogens is 372 g/mol. The average molecular weight is 403 g/mol. The summed E-state index contributed by atoms with van der Waals surface area (Å²) in [5, 5.41) is 16.8. The first-order chi connectivity index (χ1) is 14.8. The van der Waals surface area contributed by atoms with E-state index in [-0.39, 0.29) is 12.3 Å². The number of rotatable bonds is 4. The summed E-state index contributed by atoms with van der Waals surface area (Å²) in [6.07, 6.45) is 5.37. The first-order valence-electron chi connectivity index (χ1n) is 11.4. The van der Waals surface area contributed by atoms with Crippen molar-refractivity contribution in [2.24, 2.45) is 9.98 Å². The fraction of sp³-hybridized carbons (Fsp3) is 0.500. The third-order valence-electron chi connectivity index (χ3n) is 7.01. The van der Waals surface area contributed by atoms with Gasteiger partial charge in [0, 0.05) is 25.2 Å².